The second kappa shape index (κ2) is 8.92. The Labute approximate surface area is 194 Å². The van der Waals surface area contributed by atoms with Crippen molar-refractivity contribution in [1.29, 1.82) is 0 Å². The molecule has 34 heavy (non-hydrogen) atoms. The predicted molar refractivity (Wildman–Crippen MR) is 125 cm³/mol. The van der Waals surface area contributed by atoms with E-state index < -0.39 is 17.5 Å². The van der Waals surface area contributed by atoms with Crippen LogP contribution in [0, 0.1) is 5.95 Å². The van der Waals surface area contributed by atoms with Crippen molar-refractivity contribution in [2.45, 2.75) is 38.0 Å². The fraction of sp³-hybridized carbons (Fsp3) is 0.280. The van der Waals surface area contributed by atoms with Crippen LogP contribution in [-0.4, -0.2) is 37.5 Å². The van der Waals surface area contributed by atoms with Gasteiger partial charge in [-0.05, 0) is 55.2 Å². The molecule has 1 amide bonds. The lowest BCUT2D eigenvalue weighted by Gasteiger charge is -2.36. The number of halogens is 1. The number of hydrogen-bond donors (Lipinski definition) is 3. The molecule has 0 atom stereocenters. The molecule has 0 saturated heterocycles. The van der Waals surface area contributed by atoms with Gasteiger partial charge in [0.05, 0.1) is 11.1 Å². The van der Waals surface area contributed by atoms with Crippen LogP contribution in [0.3, 0.4) is 0 Å². The molecule has 3 aromatic heterocycles. The lowest BCUT2D eigenvalue weighted by Crippen LogP contribution is -2.46. The Morgan fingerprint density at radius 3 is 2.76 bits per heavy atom. The van der Waals surface area contributed by atoms with Crippen LogP contribution in [0.4, 0.5) is 4.39 Å². The first kappa shape index (κ1) is 22.1. The van der Waals surface area contributed by atoms with Crippen LogP contribution in [-0.2, 0) is 13.1 Å². The zero-order valence-electron chi connectivity index (χ0n) is 18.4. The smallest absolute Gasteiger partial charge is 0.270 e. The molecule has 1 saturated carbocycles. The highest BCUT2D eigenvalue weighted by atomic mass is 19.1. The number of amides is 1. The molecular weight excluding hydrogens is 437 g/mol. The third-order valence-electron chi connectivity index (χ3n) is 6.22. The van der Waals surface area contributed by atoms with Gasteiger partial charge in [-0.1, -0.05) is 12.1 Å². The Balaban J connectivity index is 1.28. The average molecular weight is 461 g/mol. The molecule has 3 N–H and O–H groups in total. The van der Waals surface area contributed by atoms with Gasteiger partial charge in [-0.2, -0.15) is 4.39 Å². The van der Waals surface area contributed by atoms with Crippen LogP contribution in [0.25, 0.3) is 16.6 Å². The minimum Gasteiger partial charge on any atom is -0.389 e. The molecule has 1 fully saturated rings. The molecule has 3 heterocycles. The first-order chi connectivity index (χ1) is 16.4. The van der Waals surface area contributed by atoms with Gasteiger partial charge < -0.3 is 15.7 Å². The summed E-state index contributed by atoms with van der Waals surface area (Å²) < 4.78 is 15.8. The summed E-state index contributed by atoms with van der Waals surface area (Å²) in [4.78, 5) is 33.1. The second-order valence-electron chi connectivity index (χ2n) is 8.74. The number of carbonyl (C=O) groups excluding carboxylic acids is 1. The largest absolute Gasteiger partial charge is 0.389 e. The van der Waals surface area contributed by atoms with Gasteiger partial charge in [0.25, 0.3) is 11.5 Å². The van der Waals surface area contributed by atoms with Gasteiger partial charge in [0.2, 0.25) is 5.95 Å². The summed E-state index contributed by atoms with van der Waals surface area (Å²) in [5.41, 5.74) is 1.15. The summed E-state index contributed by atoms with van der Waals surface area (Å²) >= 11 is 0. The summed E-state index contributed by atoms with van der Waals surface area (Å²) in [5, 5.41) is 16.8. The quantitative estimate of drug-likeness (QED) is 0.365. The van der Waals surface area contributed by atoms with Gasteiger partial charge in [-0.15, -0.1) is 0 Å². The number of aromatic nitrogens is 3. The Hall–Kier alpha value is -3.69. The fourth-order valence-corrected chi connectivity index (χ4v) is 4.11. The van der Waals surface area contributed by atoms with Gasteiger partial charge in [-0.3, -0.25) is 14.0 Å². The van der Waals surface area contributed by atoms with Gasteiger partial charge in [0, 0.05) is 42.8 Å². The van der Waals surface area contributed by atoms with E-state index in [0.717, 1.165) is 30.2 Å². The summed E-state index contributed by atoms with van der Waals surface area (Å²) in [6.07, 6.45) is 4.13. The van der Waals surface area contributed by atoms with Crippen LogP contribution >= 0.6 is 0 Å². The predicted octanol–water partition coefficient (Wildman–Crippen LogP) is 2.32. The number of benzene rings is 1. The molecule has 1 aliphatic carbocycles. The van der Waals surface area contributed by atoms with Crippen LogP contribution < -0.4 is 16.2 Å². The third-order valence-corrected chi connectivity index (χ3v) is 6.22. The summed E-state index contributed by atoms with van der Waals surface area (Å²) in [6, 6.07) is 13.4. The second-order valence-corrected chi connectivity index (χ2v) is 8.74. The van der Waals surface area contributed by atoms with E-state index in [2.05, 4.69) is 20.6 Å². The van der Waals surface area contributed by atoms with E-state index in [0.29, 0.717) is 23.3 Å². The molecule has 174 valence electrons. The molecule has 5 rings (SSSR count). The number of rotatable bonds is 7. The maximum Gasteiger partial charge on any atom is 0.270 e. The van der Waals surface area contributed by atoms with Crippen molar-refractivity contribution >= 4 is 22.5 Å². The number of nitrogens with zero attached hydrogens (tertiary/aromatic N) is 3. The molecule has 9 heteroatoms. The Morgan fingerprint density at radius 1 is 1.12 bits per heavy atom. The van der Waals surface area contributed by atoms with Crippen molar-refractivity contribution in [3.05, 3.63) is 87.9 Å². The highest BCUT2D eigenvalue weighted by Gasteiger charge is 2.33. The van der Waals surface area contributed by atoms with Gasteiger partial charge in [-0.25, -0.2) is 9.97 Å². The zero-order valence-corrected chi connectivity index (χ0v) is 18.4. The van der Waals surface area contributed by atoms with Crippen molar-refractivity contribution in [3.8, 4) is 0 Å². The van der Waals surface area contributed by atoms with Crippen LogP contribution in [0.2, 0.25) is 0 Å². The molecular formula is C25H24FN5O3. The molecule has 0 radical (unpaired) electrons. The maximum absolute atomic E-state index is 14.4. The van der Waals surface area contributed by atoms with Crippen molar-refractivity contribution < 1.29 is 14.3 Å². The first-order valence-electron chi connectivity index (χ1n) is 11.2. The fourth-order valence-electron chi connectivity index (χ4n) is 4.11. The van der Waals surface area contributed by atoms with E-state index in [4.69, 9.17) is 0 Å². The lowest BCUT2D eigenvalue weighted by atomic mass is 9.80. The molecule has 0 spiro atoms. The number of nitrogens with one attached hydrogen (secondary N) is 2. The number of pyridine rings is 2. The van der Waals surface area contributed by atoms with Crippen molar-refractivity contribution in [2.75, 3.05) is 6.54 Å². The number of fused-ring (bicyclic) bond motifs is 2. The zero-order chi connectivity index (χ0) is 23.7. The molecule has 0 unspecified atom stereocenters. The topological polar surface area (TPSA) is 109 Å². The van der Waals surface area contributed by atoms with Crippen molar-refractivity contribution in [3.63, 3.8) is 0 Å². The molecule has 1 aromatic carbocycles. The normalized spacial score (nSPS) is 14.8. The number of aliphatic hydroxyl groups is 1. The van der Waals surface area contributed by atoms with Crippen molar-refractivity contribution in [1.82, 2.24) is 25.0 Å². The average Bonchev–Trinajstić information content (AvgIpc) is 2.81. The van der Waals surface area contributed by atoms with E-state index in [1.165, 1.54) is 10.5 Å². The van der Waals surface area contributed by atoms with Gasteiger partial charge >= 0.3 is 0 Å². The van der Waals surface area contributed by atoms with E-state index in [-0.39, 0.29) is 24.3 Å². The standard InChI is InChI=1S/C25H24FN5O3/c26-23-18(14-27-15-25(34)7-3-8-25)11-17-10-16(5-6-19(17)30-23)13-28-24(33)20-12-22(32)31-9-2-1-4-21(31)29-20/h1-2,4-6,9-12,27,34H,3,7-8,13-15H2,(H,28,33). The SMILES string of the molecule is O=C(NCc1ccc2nc(F)c(CNCC3(O)CCC3)cc2c1)c1cc(=O)n2ccccc2n1. The maximum atomic E-state index is 14.4. The van der Waals surface area contributed by atoms with E-state index in [1.54, 1.807) is 42.6 Å². The van der Waals surface area contributed by atoms with Gasteiger partial charge in [0.1, 0.15) is 11.3 Å². The Bertz CT molecular complexity index is 1450. The Morgan fingerprint density at radius 2 is 1.97 bits per heavy atom. The molecule has 0 aliphatic heterocycles. The number of carbonyl (C=O) groups is 1. The highest BCUT2D eigenvalue weighted by Crippen LogP contribution is 2.30. The highest BCUT2D eigenvalue weighted by molar-refractivity contribution is 5.92. The monoisotopic (exact) mass is 461 g/mol. The number of hydrogen-bond acceptors (Lipinski definition) is 6. The van der Waals surface area contributed by atoms with Crippen LogP contribution in [0.1, 0.15) is 40.9 Å². The van der Waals surface area contributed by atoms with E-state index in [9.17, 15) is 19.1 Å². The minimum absolute atomic E-state index is 0.0437. The molecule has 1 aliphatic rings. The molecule has 4 aromatic rings. The molecule has 8 nitrogen and oxygen atoms in total. The summed E-state index contributed by atoms with van der Waals surface area (Å²) in [7, 11) is 0. The minimum atomic E-state index is -0.683. The molecule has 0 bridgehead atoms. The third kappa shape index (κ3) is 4.52. The lowest BCUT2D eigenvalue weighted by molar-refractivity contribution is -0.0315. The van der Waals surface area contributed by atoms with Gasteiger partial charge in [0.15, 0.2) is 0 Å². The Kier molecular flexibility index (Phi) is 5.80. The van der Waals surface area contributed by atoms with E-state index >= 15 is 0 Å². The van der Waals surface area contributed by atoms with E-state index in [1.807, 2.05) is 6.07 Å². The van der Waals surface area contributed by atoms with Crippen LogP contribution in [0.5, 0.6) is 0 Å². The summed E-state index contributed by atoms with van der Waals surface area (Å²) in [5.74, 6) is -1.00. The summed E-state index contributed by atoms with van der Waals surface area (Å²) in [6.45, 7) is 0.896. The first-order valence-corrected chi connectivity index (χ1v) is 11.2. The van der Waals surface area contributed by atoms with Crippen LogP contribution in [0.15, 0.2) is 59.5 Å². The van der Waals surface area contributed by atoms with Crippen molar-refractivity contribution in [2.24, 2.45) is 0 Å².